The second-order valence-corrected chi connectivity index (χ2v) is 18.6. The van der Waals surface area contributed by atoms with E-state index in [4.69, 9.17) is 28.4 Å². The molecule has 4 N–H and O–H groups in total. The van der Waals surface area contributed by atoms with E-state index in [1.807, 2.05) is 19.9 Å². The molecule has 57 heavy (non-hydrogen) atoms. The molecule has 12 nitrogen and oxygen atoms in total. The fourth-order valence-electron chi connectivity index (χ4n) is 13.7. The van der Waals surface area contributed by atoms with Crippen LogP contribution < -0.4 is 0 Å². The minimum Gasteiger partial charge on any atom is -0.461 e. The standard InChI is InChI=1S/C45H54O12/c1-24(2)41-21-29-40(23-52-37(48)27-16-10-7-11-17-27)30(47)20-14-6-5-9-15-25(3)31-26(4)34(53-38(49)28-18-12-8-13-19-28)43(51)33(31)44(29)32(35(41)55-45(40,56-41)57-44)36-42(22-46,54-36)39(43)50/h7-8,10-13,16-19,25-26,29-36,39,46-47,50-51H,1,5-6,9,14-15,20-23H2,2-4H3/t25?,26?,29-,30+,31-,32+,33+,34-,35+,36?,39+,40-,41+,42-,43+,44+,45?/m0/s1. The van der Waals surface area contributed by atoms with Crippen LogP contribution in [0, 0.1) is 40.9 Å². The summed E-state index contributed by atoms with van der Waals surface area (Å²) in [5.41, 5.74) is -6.68. The Morgan fingerprint density at radius 3 is 2.18 bits per heavy atom. The lowest BCUT2D eigenvalue weighted by atomic mass is 9.47. The largest absolute Gasteiger partial charge is 0.461 e. The van der Waals surface area contributed by atoms with Crippen molar-refractivity contribution in [2.24, 2.45) is 40.9 Å². The molecular weight excluding hydrogens is 732 g/mol. The van der Waals surface area contributed by atoms with Gasteiger partial charge in [0.1, 0.15) is 53.2 Å². The number of rotatable bonds is 7. The second kappa shape index (κ2) is 12.7. The Hall–Kier alpha value is -3.20. The molecule has 0 aromatic heterocycles. The molecule has 2 bridgehead atoms. The first-order valence-corrected chi connectivity index (χ1v) is 20.9. The van der Waals surface area contributed by atoms with Gasteiger partial charge in [0.15, 0.2) is 0 Å². The lowest BCUT2D eigenvalue weighted by Crippen LogP contribution is -2.72. The van der Waals surface area contributed by atoms with Crippen LogP contribution in [-0.2, 0) is 28.4 Å². The summed E-state index contributed by atoms with van der Waals surface area (Å²) in [6.45, 7) is 9.42. The van der Waals surface area contributed by atoms with Gasteiger partial charge in [0.05, 0.1) is 29.4 Å². The van der Waals surface area contributed by atoms with E-state index in [9.17, 15) is 30.0 Å². The first kappa shape index (κ1) is 38.0. The SMILES string of the molecule is C=C(C)[C@]12C[C@@H]3[C@@]45OC6(O[C@@H]1[C@@H]4C1O[C@]1(CO)[C@@H](O)[C@@]1(O)[C@H]5[C@@H](C(C)CCCCCC[C@@H](O)[C@]36COC(=O)c3ccccc3)C(C)[C@@H]1OC(=O)c1ccccc1)O2. The van der Waals surface area contributed by atoms with Crippen LogP contribution in [0.25, 0.3) is 0 Å². The zero-order valence-electron chi connectivity index (χ0n) is 32.8. The predicted octanol–water partition coefficient (Wildman–Crippen LogP) is 4.33. The summed E-state index contributed by atoms with van der Waals surface area (Å²) in [6.07, 6.45) is -1.06. The Kier molecular flexibility index (Phi) is 8.44. The van der Waals surface area contributed by atoms with Gasteiger partial charge in [-0.05, 0) is 67.4 Å². The van der Waals surface area contributed by atoms with E-state index in [0.717, 1.165) is 25.7 Å². The molecule has 12 heteroatoms. The molecule has 7 fully saturated rings. The van der Waals surface area contributed by atoms with Gasteiger partial charge in [-0.15, -0.1) is 0 Å². The first-order chi connectivity index (χ1) is 27.3. The van der Waals surface area contributed by atoms with Crippen molar-refractivity contribution in [1.82, 2.24) is 0 Å². The highest BCUT2D eigenvalue weighted by atomic mass is 16.9. The van der Waals surface area contributed by atoms with Gasteiger partial charge < -0.3 is 48.8 Å². The van der Waals surface area contributed by atoms with E-state index in [-0.39, 0.29) is 18.9 Å². The summed E-state index contributed by atoms with van der Waals surface area (Å²) in [6, 6.07) is 17.2. The lowest BCUT2D eigenvalue weighted by Gasteiger charge is -2.59. The van der Waals surface area contributed by atoms with E-state index < -0.39 is 112 Å². The van der Waals surface area contributed by atoms with Crippen LogP contribution in [0.15, 0.2) is 72.8 Å². The topological polar surface area (TPSA) is 174 Å². The number of carbonyl (C=O) groups excluding carboxylic acids is 2. The fourth-order valence-corrected chi connectivity index (χ4v) is 13.7. The van der Waals surface area contributed by atoms with Crippen LogP contribution in [0.2, 0.25) is 0 Å². The molecule has 2 spiro atoms. The minimum absolute atomic E-state index is 0.0527. The third-order valence-corrected chi connectivity index (χ3v) is 16.2. The van der Waals surface area contributed by atoms with Crippen LogP contribution in [-0.4, -0.2) is 104 Å². The molecule has 4 unspecified atom stereocenters. The highest BCUT2D eigenvalue weighted by Crippen LogP contribution is 2.83. The second-order valence-electron chi connectivity index (χ2n) is 18.6. The average Bonchev–Trinajstić information content (AvgIpc) is 3.82. The summed E-state index contributed by atoms with van der Waals surface area (Å²) >= 11 is 0. The van der Waals surface area contributed by atoms with Gasteiger partial charge >= 0.3 is 11.9 Å². The maximum Gasteiger partial charge on any atom is 0.338 e. The number of aliphatic hydroxyl groups excluding tert-OH is 3. The van der Waals surface area contributed by atoms with Gasteiger partial charge in [-0.1, -0.05) is 88.9 Å². The van der Waals surface area contributed by atoms with E-state index >= 15 is 0 Å². The maximum atomic E-state index is 14.0. The molecule has 0 radical (unpaired) electrons. The Labute approximate surface area is 332 Å². The third kappa shape index (κ3) is 4.56. The number of carbonyl (C=O) groups is 2. The monoisotopic (exact) mass is 786 g/mol. The number of ether oxygens (including phenoxy) is 6. The van der Waals surface area contributed by atoms with Gasteiger partial charge in [-0.25, -0.2) is 9.59 Å². The molecule has 3 heterocycles. The predicted molar refractivity (Wildman–Crippen MR) is 201 cm³/mol. The van der Waals surface area contributed by atoms with Crippen molar-refractivity contribution in [1.29, 1.82) is 0 Å². The summed E-state index contributed by atoms with van der Waals surface area (Å²) in [7, 11) is 0. The van der Waals surface area contributed by atoms with Crippen molar-refractivity contribution in [2.45, 2.75) is 125 Å². The van der Waals surface area contributed by atoms with Crippen LogP contribution in [0.1, 0.15) is 86.4 Å². The number of hydrogen-bond acceptors (Lipinski definition) is 12. The molecular formula is C45H54O12. The zero-order chi connectivity index (χ0) is 39.9. The Morgan fingerprint density at radius 1 is 0.877 bits per heavy atom. The molecule has 0 amide bonds. The molecule has 9 rings (SSSR count). The summed E-state index contributed by atoms with van der Waals surface area (Å²) in [5, 5.41) is 50.8. The number of epoxide rings is 1. The number of aliphatic hydroxyl groups is 4. The third-order valence-electron chi connectivity index (χ3n) is 16.2. The molecule has 7 aliphatic rings. The molecule has 306 valence electrons. The average molecular weight is 787 g/mol. The van der Waals surface area contributed by atoms with Crippen molar-refractivity contribution in [3.05, 3.63) is 83.9 Å². The lowest BCUT2D eigenvalue weighted by molar-refractivity contribution is -0.432. The first-order valence-electron chi connectivity index (χ1n) is 20.9. The van der Waals surface area contributed by atoms with E-state index in [0.29, 0.717) is 29.5 Å². The molecule has 3 aliphatic heterocycles. The Balaban J connectivity index is 1.21. The smallest absolute Gasteiger partial charge is 0.338 e. The van der Waals surface area contributed by atoms with Gasteiger partial charge in [-0.3, -0.25) is 0 Å². The Bertz CT molecular complexity index is 1960. The molecule has 4 saturated carbocycles. The normalized spacial score (nSPS) is 49.8. The maximum absolute atomic E-state index is 14.0. The van der Waals surface area contributed by atoms with E-state index in [1.54, 1.807) is 54.6 Å². The number of fused-ring (bicyclic) bond motifs is 5. The van der Waals surface area contributed by atoms with E-state index in [2.05, 4.69) is 13.5 Å². The van der Waals surface area contributed by atoms with Gasteiger partial charge in [-0.2, -0.15) is 0 Å². The van der Waals surface area contributed by atoms with Crippen molar-refractivity contribution < 1.29 is 58.4 Å². The van der Waals surface area contributed by atoms with Crippen molar-refractivity contribution in [2.75, 3.05) is 13.2 Å². The number of benzene rings is 2. The van der Waals surface area contributed by atoms with Crippen LogP contribution in [0.3, 0.4) is 0 Å². The van der Waals surface area contributed by atoms with Crippen molar-refractivity contribution in [3.63, 3.8) is 0 Å². The molecule has 4 aliphatic carbocycles. The summed E-state index contributed by atoms with van der Waals surface area (Å²) < 4.78 is 41.0. The zero-order valence-corrected chi connectivity index (χ0v) is 32.8. The number of hydrogen-bond donors (Lipinski definition) is 4. The van der Waals surface area contributed by atoms with E-state index in [1.165, 1.54) is 0 Å². The van der Waals surface area contributed by atoms with Crippen molar-refractivity contribution >= 4 is 11.9 Å². The van der Waals surface area contributed by atoms with Gasteiger partial charge in [0.25, 0.3) is 5.97 Å². The summed E-state index contributed by atoms with van der Waals surface area (Å²) in [5.74, 6) is -6.56. The molecule has 17 atom stereocenters. The number of esters is 2. The summed E-state index contributed by atoms with van der Waals surface area (Å²) in [4.78, 5) is 27.8. The molecule has 2 aromatic rings. The fraction of sp³-hybridized carbons (Fsp3) is 0.644. The Morgan fingerprint density at radius 2 is 1.53 bits per heavy atom. The van der Waals surface area contributed by atoms with Crippen LogP contribution in [0.4, 0.5) is 0 Å². The quantitative estimate of drug-likeness (QED) is 0.178. The highest BCUT2D eigenvalue weighted by Gasteiger charge is 2.98. The molecule has 3 saturated heterocycles. The minimum atomic E-state index is -2.23. The highest BCUT2D eigenvalue weighted by molar-refractivity contribution is 5.90. The van der Waals surface area contributed by atoms with Gasteiger partial charge in [0, 0.05) is 17.8 Å². The van der Waals surface area contributed by atoms with Crippen LogP contribution in [0.5, 0.6) is 0 Å². The van der Waals surface area contributed by atoms with Crippen LogP contribution >= 0.6 is 0 Å². The van der Waals surface area contributed by atoms with Crippen molar-refractivity contribution in [3.8, 4) is 0 Å². The molecule has 2 aromatic carbocycles. The van der Waals surface area contributed by atoms with Gasteiger partial charge in [0.2, 0.25) is 0 Å².